The van der Waals surface area contributed by atoms with Crippen LogP contribution in [0.25, 0.3) is 0 Å². The van der Waals surface area contributed by atoms with Gasteiger partial charge < -0.3 is 5.32 Å². The van der Waals surface area contributed by atoms with Gasteiger partial charge in [0.2, 0.25) is 10.0 Å². The molecule has 0 unspecified atom stereocenters. The smallest absolute Gasteiger partial charge is 0.297 e. The number of hydrogen-bond donors (Lipinski definition) is 3. The Morgan fingerprint density at radius 2 is 2.17 bits per heavy atom. The van der Waals surface area contributed by atoms with Crippen LogP contribution in [0.5, 0.6) is 0 Å². The molecule has 0 aliphatic rings. The number of H-pyrrole nitrogens is 1. The summed E-state index contributed by atoms with van der Waals surface area (Å²) in [6.45, 7) is 0. The monoisotopic (exact) mass is 268 g/mol. The molecule has 4 N–H and O–H groups in total. The lowest BCUT2D eigenvalue weighted by Gasteiger charge is -2.04. The van der Waals surface area contributed by atoms with Crippen molar-refractivity contribution in [2.24, 2.45) is 5.14 Å². The number of sulfonamides is 1. The Balaban J connectivity index is 2.23. The predicted octanol–water partition coefficient (Wildman–Crippen LogP) is -0.901. The first-order valence-electron chi connectivity index (χ1n) is 4.64. The molecule has 0 aliphatic carbocycles. The largest absolute Gasteiger partial charge is 0.319 e. The molecule has 1 aromatic heterocycles. The van der Waals surface area contributed by atoms with Crippen LogP contribution in [0.2, 0.25) is 0 Å². The van der Waals surface area contributed by atoms with Crippen LogP contribution in [-0.2, 0) is 10.0 Å². The standard InChI is InChI=1S/C8H8N6O3S/c9-18(16,17)6-3-1-2-5(4-6)10-8(15)7-11-13-14-12-7/h1-4H,(H,10,15)(H2,9,16,17)(H,11,12,13,14). The van der Waals surface area contributed by atoms with E-state index in [0.717, 1.165) is 0 Å². The fourth-order valence-electron chi connectivity index (χ4n) is 1.20. The number of rotatable bonds is 3. The third kappa shape index (κ3) is 2.67. The SMILES string of the molecule is NS(=O)(=O)c1cccc(NC(=O)c2nn[nH]n2)c1. The van der Waals surface area contributed by atoms with Crippen LogP contribution < -0.4 is 10.5 Å². The van der Waals surface area contributed by atoms with E-state index in [2.05, 4.69) is 25.9 Å². The van der Waals surface area contributed by atoms with Crippen LogP contribution in [-0.4, -0.2) is 34.9 Å². The summed E-state index contributed by atoms with van der Waals surface area (Å²) >= 11 is 0. The highest BCUT2D eigenvalue weighted by Gasteiger charge is 2.13. The fourth-order valence-corrected chi connectivity index (χ4v) is 1.76. The normalized spacial score (nSPS) is 11.2. The van der Waals surface area contributed by atoms with E-state index in [9.17, 15) is 13.2 Å². The Hall–Kier alpha value is -2.33. The summed E-state index contributed by atoms with van der Waals surface area (Å²) in [7, 11) is -3.82. The number of amides is 1. The fraction of sp³-hybridized carbons (Fsp3) is 0. The molecule has 0 saturated carbocycles. The molecule has 0 bridgehead atoms. The molecule has 10 heteroatoms. The summed E-state index contributed by atoms with van der Waals surface area (Å²) in [5.41, 5.74) is 0.260. The highest BCUT2D eigenvalue weighted by molar-refractivity contribution is 7.89. The second-order valence-corrected chi connectivity index (χ2v) is 4.82. The third-order valence-corrected chi connectivity index (χ3v) is 2.88. The van der Waals surface area contributed by atoms with Crippen LogP contribution in [0.3, 0.4) is 0 Å². The van der Waals surface area contributed by atoms with Crippen LogP contribution >= 0.6 is 0 Å². The molecule has 0 saturated heterocycles. The topological polar surface area (TPSA) is 144 Å². The summed E-state index contributed by atoms with van der Waals surface area (Å²) in [5.74, 6) is -0.772. The average Bonchev–Trinajstić information content (AvgIpc) is 2.81. The molecule has 0 radical (unpaired) electrons. The molecule has 94 valence electrons. The maximum Gasteiger partial charge on any atom is 0.297 e. The van der Waals surface area contributed by atoms with Gasteiger partial charge in [0, 0.05) is 5.69 Å². The van der Waals surface area contributed by atoms with Crippen molar-refractivity contribution in [3.8, 4) is 0 Å². The number of carbonyl (C=O) groups is 1. The van der Waals surface area contributed by atoms with E-state index in [-0.39, 0.29) is 16.4 Å². The van der Waals surface area contributed by atoms with Crippen LogP contribution in [0.15, 0.2) is 29.2 Å². The van der Waals surface area contributed by atoms with Crippen molar-refractivity contribution in [3.63, 3.8) is 0 Å². The number of hydrogen-bond acceptors (Lipinski definition) is 6. The Morgan fingerprint density at radius 1 is 1.39 bits per heavy atom. The van der Waals surface area contributed by atoms with E-state index in [0.29, 0.717) is 0 Å². The van der Waals surface area contributed by atoms with Gasteiger partial charge in [-0.15, -0.1) is 10.2 Å². The minimum atomic E-state index is -3.82. The number of nitrogens with one attached hydrogen (secondary N) is 2. The Bertz CT molecular complexity index is 666. The molecule has 0 atom stereocenters. The number of nitrogens with two attached hydrogens (primary N) is 1. The number of anilines is 1. The number of benzene rings is 1. The van der Waals surface area contributed by atoms with Gasteiger partial charge in [-0.05, 0) is 23.4 Å². The van der Waals surface area contributed by atoms with Crippen molar-refractivity contribution in [2.45, 2.75) is 4.90 Å². The predicted molar refractivity (Wildman–Crippen MR) is 59.9 cm³/mol. The first-order chi connectivity index (χ1) is 8.47. The summed E-state index contributed by atoms with van der Waals surface area (Å²) in [5, 5.41) is 19.7. The molecule has 18 heavy (non-hydrogen) atoms. The van der Waals surface area contributed by atoms with Crippen LogP contribution in [0, 0.1) is 0 Å². The van der Waals surface area contributed by atoms with E-state index >= 15 is 0 Å². The zero-order valence-electron chi connectivity index (χ0n) is 8.86. The minimum Gasteiger partial charge on any atom is -0.319 e. The van der Waals surface area contributed by atoms with Crippen molar-refractivity contribution in [1.82, 2.24) is 20.6 Å². The maximum atomic E-state index is 11.6. The molecule has 1 aromatic carbocycles. The van der Waals surface area contributed by atoms with Gasteiger partial charge in [-0.3, -0.25) is 4.79 Å². The summed E-state index contributed by atoms with van der Waals surface area (Å²) in [4.78, 5) is 11.5. The highest BCUT2D eigenvalue weighted by atomic mass is 32.2. The van der Waals surface area contributed by atoms with Gasteiger partial charge in [0.05, 0.1) is 4.90 Å². The number of carbonyl (C=O) groups excluding carboxylic acids is 1. The second kappa shape index (κ2) is 4.50. The molecule has 0 aliphatic heterocycles. The van der Waals surface area contributed by atoms with Crippen molar-refractivity contribution >= 4 is 21.6 Å². The average molecular weight is 268 g/mol. The van der Waals surface area contributed by atoms with Crippen molar-refractivity contribution in [3.05, 3.63) is 30.1 Å². The lowest BCUT2D eigenvalue weighted by atomic mass is 10.3. The molecule has 1 amide bonds. The molecular weight excluding hydrogens is 260 g/mol. The van der Waals surface area contributed by atoms with Crippen molar-refractivity contribution in [2.75, 3.05) is 5.32 Å². The minimum absolute atomic E-state index is 0.103. The molecule has 2 rings (SSSR count). The van der Waals surface area contributed by atoms with Gasteiger partial charge in [0.1, 0.15) is 0 Å². The Labute approximate surface area is 101 Å². The molecule has 0 fully saturated rings. The van der Waals surface area contributed by atoms with Gasteiger partial charge >= 0.3 is 0 Å². The summed E-state index contributed by atoms with van der Waals surface area (Å²) < 4.78 is 22.2. The van der Waals surface area contributed by atoms with Gasteiger partial charge in [-0.25, -0.2) is 13.6 Å². The molecule has 1 heterocycles. The summed E-state index contributed by atoms with van der Waals surface area (Å²) in [6, 6.07) is 5.50. The lowest BCUT2D eigenvalue weighted by Crippen LogP contribution is -2.15. The van der Waals surface area contributed by atoms with Crippen LogP contribution in [0.4, 0.5) is 5.69 Å². The van der Waals surface area contributed by atoms with Crippen molar-refractivity contribution in [1.29, 1.82) is 0 Å². The first-order valence-corrected chi connectivity index (χ1v) is 6.19. The first kappa shape index (κ1) is 12.1. The van der Waals surface area contributed by atoms with Gasteiger partial charge in [-0.2, -0.15) is 5.21 Å². The molecule has 9 nitrogen and oxygen atoms in total. The van der Waals surface area contributed by atoms with Crippen molar-refractivity contribution < 1.29 is 13.2 Å². The highest BCUT2D eigenvalue weighted by Crippen LogP contribution is 2.14. The van der Waals surface area contributed by atoms with Gasteiger partial charge in [0.25, 0.3) is 11.7 Å². The zero-order chi connectivity index (χ0) is 13.2. The number of aromatic amines is 1. The number of nitrogens with zero attached hydrogens (tertiary/aromatic N) is 3. The quantitative estimate of drug-likeness (QED) is 0.658. The van der Waals surface area contributed by atoms with Gasteiger partial charge in [0.15, 0.2) is 0 Å². The Kier molecular flexibility index (Phi) is 3.04. The molecular formula is C8H8N6O3S. The third-order valence-electron chi connectivity index (χ3n) is 1.97. The molecule has 2 aromatic rings. The maximum absolute atomic E-state index is 11.6. The Morgan fingerprint density at radius 3 is 2.78 bits per heavy atom. The van der Waals surface area contributed by atoms with E-state index in [4.69, 9.17) is 5.14 Å². The number of aromatic nitrogens is 4. The van der Waals surface area contributed by atoms with E-state index in [1.807, 2.05) is 0 Å². The molecule has 0 spiro atoms. The zero-order valence-corrected chi connectivity index (χ0v) is 9.68. The van der Waals surface area contributed by atoms with Crippen LogP contribution in [0.1, 0.15) is 10.6 Å². The lowest BCUT2D eigenvalue weighted by molar-refractivity contribution is 0.101. The number of primary sulfonamides is 1. The number of tetrazole rings is 1. The van der Waals surface area contributed by atoms with E-state index < -0.39 is 15.9 Å². The summed E-state index contributed by atoms with van der Waals surface area (Å²) in [6.07, 6.45) is 0. The van der Waals surface area contributed by atoms with E-state index in [1.165, 1.54) is 24.3 Å². The van der Waals surface area contributed by atoms with E-state index in [1.54, 1.807) is 0 Å². The second-order valence-electron chi connectivity index (χ2n) is 3.26. The van der Waals surface area contributed by atoms with Gasteiger partial charge in [-0.1, -0.05) is 6.07 Å².